The van der Waals surface area contributed by atoms with Gasteiger partial charge in [0.2, 0.25) is 0 Å². The third-order valence-electron chi connectivity index (χ3n) is 12.3. The molecule has 0 bridgehead atoms. The van der Waals surface area contributed by atoms with Crippen LogP contribution in [0.1, 0.15) is 101 Å². The number of carbonyl (C=O) groups is 1. The zero-order valence-corrected chi connectivity index (χ0v) is 34.2. The number of hydrogen-bond acceptors (Lipinski definition) is 13. The van der Waals surface area contributed by atoms with Crippen LogP contribution in [-0.2, 0) is 27.2 Å². The predicted octanol–water partition coefficient (Wildman–Crippen LogP) is 7.63. The van der Waals surface area contributed by atoms with Gasteiger partial charge in [0.15, 0.2) is 11.0 Å². The van der Waals surface area contributed by atoms with Crippen LogP contribution in [-0.4, -0.2) is 68.2 Å². The van der Waals surface area contributed by atoms with Crippen LogP contribution in [0.5, 0.6) is 11.5 Å². The number of aromatic nitrogens is 2. The smallest absolute Gasteiger partial charge is 0.341 e. The Morgan fingerprint density at radius 2 is 1.93 bits per heavy atom. The highest BCUT2D eigenvalue weighted by molar-refractivity contribution is 6.07. The summed E-state index contributed by atoms with van der Waals surface area (Å²) in [6.07, 6.45) is 12.1. The molecule has 2 saturated heterocycles. The van der Waals surface area contributed by atoms with E-state index in [9.17, 15) is 14.7 Å². The van der Waals surface area contributed by atoms with Crippen molar-refractivity contribution in [2.75, 3.05) is 24.1 Å². The molecule has 3 aromatic heterocycles. The number of carbonyl (C=O) groups excluding carboxylic acids is 1. The lowest BCUT2D eigenvalue weighted by Gasteiger charge is -2.44. The van der Waals surface area contributed by atoms with E-state index in [0.29, 0.717) is 55.1 Å². The summed E-state index contributed by atoms with van der Waals surface area (Å²) >= 11 is 0. The number of phenolic OH excluding ortho intramolecular Hbond substituents is 1. The number of fused-ring (bicyclic) bond motifs is 5. The Kier molecular flexibility index (Phi) is 9.97. The van der Waals surface area contributed by atoms with Gasteiger partial charge in [0.05, 0.1) is 36.3 Å². The van der Waals surface area contributed by atoms with Gasteiger partial charge in [-0.25, -0.2) is 14.8 Å². The highest BCUT2D eigenvalue weighted by atomic mass is 16.7. The summed E-state index contributed by atoms with van der Waals surface area (Å²) in [7, 11) is 0. The first-order valence-corrected chi connectivity index (χ1v) is 21.0. The fourth-order valence-corrected chi connectivity index (χ4v) is 9.41. The zero-order chi connectivity index (χ0) is 41.1. The number of aromatic hydroxyl groups is 1. The summed E-state index contributed by atoms with van der Waals surface area (Å²) in [5.74, 6) is 1.09. The number of rotatable bonds is 11. The van der Waals surface area contributed by atoms with Crippen molar-refractivity contribution < 1.29 is 28.5 Å². The number of benzene rings is 1. The number of phenols is 1. The number of nitrogens with two attached hydrogens (primary N) is 1. The summed E-state index contributed by atoms with van der Waals surface area (Å²) in [4.78, 5) is 43.7. The van der Waals surface area contributed by atoms with Crippen molar-refractivity contribution in [3.8, 4) is 22.8 Å². The van der Waals surface area contributed by atoms with Crippen LogP contribution in [0, 0.1) is 6.92 Å². The van der Waals surface area contributed by atoms with Gasteiger partial charge >= 0.3 is 5.97 Å². The van der Waals surface area contributed by atoms with Gasteiger partial charge in [-0.3, -0.25) is 9.79 Å². The van der Waals surface area contributed by atoms with Crippen LogP contribution >= 0.6 is 0 Å². The second-order valence-electron chi connectivity index (χ2n) is 17.2. The van der Waals surface area contributed by atoms with Crippen LogP contribution in [0.2, 0.25) is 0 Å². The fourth-order valence-electron chi connectivity index (χ4n) is 9.41. The maximum absolute atomic E-state index is 14.2. The molecule has 59 heavy (non-hydrogen) atoms. The number of nitrogen functional groups attached to an aromatic ring is 1. The molecule has 0 saturated carbocycles. The predicted molar refractivity (Wildman–Crippen MR) is 226 cm³/mol. The highest BCUT2D eigenvalue weighted by Crippen LogP contribution is 2.53. The van der Waals surface area contributed by atoms with E-state index >= 15 is 0 Å². The number of epoxide rings is 1. The lowest BCUT2D eigenvalue weighted by molar-refractivity contribution is -0.170. The minimum absolute atomic E-state index is 0.101. The Hall–Kier alpha value is -5.69. The summed E-state index contributed by atoms with van der Waals surface area (Å²) in [6, 6.07) is 11.1. The van der Waals surface area contributed by atoms with Gasteiger partial charge in [-0.05, 0) is 95.2 Å². The number of esters is 1. The zero-order valence-electron chi connectivity index (χ0n) is 34.2. The first-order valence-electron chi connectivity index (χ1n) is 21.0. The largest absolute Gasteiger partial charge is 0.507 e. The van der Waals surface area contributed by atoms with Crippen LogP contribution in [0.25, 0.3) is 22.2 Å². The molecule has 0 aliphatic carbocycles. The van der Waals surface area contributed by atoms with E-state index in [1.54, 1.807) is 13.0 Å². The lowest BCUT2D eigenvalue weighted by Crippen LogP contribution is -2.52. The van der Waals surface area contributed by atoms with Gasteiger partial charge in [-0.1, -0.05) is 26.2 Å². The van der Waals surface area contributed by atoms with Crippen LogP contribution in [0.4, 0.5) is 11.6 Å². The molecule has 13 nitrogen and oxygen atoms in total. The first kappa shape index (κ1) is 38.8. The molecule has 5 aliphatic rings. The molecule has 4 N–H and O–H groups in total. The molecular formula is C46H52N6O7. The molecule has 0 amide bonds. The number of pyridine rings is 2. The standard InChI is InChI=1S/C46H52N6O7/c1-5-6-9-15-49-39-21-29(20-30(50-39)24-52-23-28-13-16-48-33(28)25-52)32-18-27(19-38(47)51-32)11-12-37-46(59-37)14-8-7-10-31-40-36(58-45(3,4)43(31)57-44(46)55)22-35-41(42(40)54)34(53)17-26(2)56-35/h13,16-23,31,37,43,54H,5-12,14-15,24-25H2,1-4H3,(H2,47,51)(H,49,50)/t31-,37-,43+,46-/m0/s1. The van der Waals surface area contributed by atoms with Crippen molar-refractivity contribution in [2.45, 2.75) is 121 Å². The van der Waals surface area contributed by atoms with Gasteiger partial charge in [0.25, 0.3) is 0 Å². The summed E-state index contributed by atoms with van der Waals surface area (Å²) in [5.41, 5.74) is 10.7. The van der Waals surface area contributed by atoms with E-state index in [-0.39, 0.29) is 28.3 Å². The number of nitrogens with zero attached hydrogens (tertiary/aromatic N) is 4. The van der Waals surface area contributed by atoms with E-state index < -0.39 is 29.2 Å². The van der Waals surface area contributed by atoms with E-state index in [2.05, 4.69) is 40.5 Å². The Bertz CT molecular complexity index is 2490. The number of aryl methyl sites for hydroxylation is 2. The van der Waals surface area contributed by atoms with Crippen LogP contribution in [0.15, 0.2) is 74.7 Å². The SMILES string of the molecule is CCCCCNc1cc(-c2cc(CC[C@@H]3O[C@@]34CCCC[C@H]3c5c(cc6oc(C)cc(=O)c6c5O)OC(C)(C)[C@@H]3OC4=O)cc(N)n2)cc(CN2C=C3C=CN=C3C2)n1. The van der Waals surface area contributed by atoms with Gasteiger partial charge in [0, 0.05) is 53.7 Å². The molecule has 1 spiro atoms. The molecule has 9 rings (SSSR count). The van der Waals surface area contributed by atoms with Gasteiger partial charge in [-0.2, -0.15) is 0 Å². The molecule has 4 atom stereocenters. The highest BCUT2D eigenvalue weighted by Gasteiger charge is 2.64. The van der Waals surface area contributed by atoms with Crippen molar-refractivity contribution in [2.24, 2.45) is 4.99 Å². The Morgan fingerprint density at radius 1 is 1.07 bits per heavy atom. The van der Waals surface area contributed by atoms with Crippen molar-refractivity contribution >= 4 is 34.3 Å². The number of hydrogen-bond donors (Lipinski definition) is 3. The van der Waals surface area contributed by atoms with E-state index in [1.165, 1.54) is 6.07 Å². The molecule has 0 radical (unpaired) electrons. The average molecular weight is 801 g/mol. The maximum atomic E-state index is 14.2. The minimum Gasteiger partial charge on any atom is -0.507 e. The number of allylic oxidation sites excluding steroid dienone is 1. The Morgan fingerprint density at radius 3 is 2.76 bits per heavy atom. The quantitative estimate of drug-likeness (QED) is 0.0769. The monoisotopic (exact) mass is 800 g/mol. The van der Waals surface area contributed by atoms with Gasteiger partial charge in [-0.15, -0.1) is 0 Å². The lowest BCUT2D eigenvalue weighted by atomic mass is 9.77. The molecule has 8 heterocycles. The normalized spacial score (nSPS) is 24.0. The third-order valence-corrected chi connectivity index (χ3v) is 12.3. The van der Waals surface area contributed by atoms with Crippen LogP contribution < -0.4 is 21.2 Å². The second kappa shape index (κ2) is 15.2. The molecule has 1 aromatic carbocycles. The van der Waals surface area contributed by atoms with E-state index in [1.807, 2.05) is 38.3 Å². The molecule has 0 unspecified atom stereocenters. The van der Waals surface area contributed by atoms with Crippen molar-refractivity contribution in [3.63, 3.8) is 0 Å². The average Bonchev–Trinajstić information content (AvgIpc) is 3.46. The number of nitrogens with one attached hydrogen (secondary N) is 1. The molecule has 13 heteroatoms. The number of anilines is 2. The summed E-state index contributed by atoms with van der Waals surface area (Å²) < 4.78 is 25.0. The van der Waals surface area contributed by atoms with Crippen LogP contribution in [0.3, 0.4) is 0 Å². The Labute approximate surface area is 343 Å². The van der Waals surface area contributed by atoms with Gasteiger partial charge < -0.3 is 39.7 Å². The maximum Gasteiger partial charge on any atom is 0.341 e. The minimum atomic E-state index is -1.07. The number of aliphatic imine (C=N–C) groups is 1. The molecule has 4 aromatic rings. The van der Waals surface area contributed by atoms with Gasteiger partial charge in [0.1, 0.15) is 51.6 Å². The van der Waals surface area contributed by atoms with E-state index in [4.69, 9.17) is 34.3 Å². The molecule has 5 aliphatic heterocycles. The van der Waals surface area contributed by atoms with Crippen molar-refractivity contribution in [3.05, 3.63) is 93.3 Å². The second-order valence-corrected chi connectivity index (χ2v) is 17.2. The summed E-state index contributed by atoms with van der Waals surface area (Å²) in [6.45, 7) is 9.86. The molecular weight excluding hydrogens is 749 g/mol. The molecule has 308 valence electrons. The summed E-state index contributed by atoms with van der Waals surface area (Å²) in [5, 5.41) is 15.2. The number of ether oxygens (including phenoxy) is 3. The number of unbranched alkanes of at least 4 members (excludes halogenated alkanes) is 2. The topological polar surface area (TPSA) is 178 Å². The van der Waals surface area contributed by atoms with Crippen molar-refractivity contribution in [1.29, 1.82) is 0 Å². The van der Waals surface area contributed by atoms with Crippen molar-refractivity contribution in [1.82, 2.24) is 14.9 Å². The Balaban J connectivity index is 0.925. The van der Waals surface area contributed by atoms with E-state index in [0.717, 1.165) is 84.8 Å². The fraction of sp³-hybridized carbons (Fsp3) is 0.457. The molecule has 2 fully saturated rings. The first-order chi connectivity index (χ1) is 28.4. The third kappa shape index (κ3) is 7.45.